The monoisotopic (exact) mass is 400 g/mol. The molecule has 0 aromatic carbocycles. The number of nitrogens with zero attached hydrogens (tertiary/aromatic N) is 1. The number of carboxylic acid groups (broad SMARTS) is 1. The summed E-state index contributed by atoms with van der Waals surface area (Å²) in [6, 6.07) is -1.97. The molecule has 5 N–H and O–H groups in total. The van der Waals surface area contributed by atoms with Gasteiger partial charge in [-0.3, -0.25) is 24.1 Å². The van der Waals surface area contributed by atoms with Gasteiger partial charge in [-0.05, 0) is 40.0 Å². The topological polar surface area (TPSA) is 168 Å². The van der Waals surface area contributed by atoms with Crippen molar-refractivity contribution in [1.29, 1.82) is 0 Å². The Morgan fingerprint density at radius 1 is 1.25 bits per heavy atom. The van der Waals surface area contributed by atoms with E-state index in [0.717, 1.165) is 0 Å². The van der Waals surface area contributed by atoms with Crippen molar-refractivity contribution in [2.45, 2.75) is 64.1 Å². The molecule has 1 rings (SSSR count). The van der Waals surface area contributed by atoms with E-state index in [4.69, 9.17) is 15.6 Å². The third-order valence-electron chi connectivity index (χ3n) is 3.91. The molecule has 0 radical (unpaired) electrons. The summed E-state index contributed by atoms with van der Waals surface area (Å²) in [5.74, 6) is -3.25. The van der Waals surface area contributed by atoms with E-state index in [9.17, 15) is 24.0 Å². The predicted octanol–water partition coefficient (Wildman–Crippen LogP) is -0.663. The Kier molecular flexibility index (Phi) is 8.20. The van der Waals surface area contributed by atoms with Crippen LogP contribution in [0.25, 0.3) is 0 Å². The first-order chi connectivity index (χ1) is 12.9. The van der Waals surface area contributed by atoms with Gasteiger partial charge in [0.25, 0.3) is 0 Å². The molecule has 0 aromatic rings. The highest BCUT2D eigenvalue weighted by Gasteiger charge is 2.38. The molecule has 28 heavy (non-hydrogen) atoms. The fourth-order valence-electron chi connectivity index (χ4n) is 2.69. The number of carbonyl (C=O) groups is 5. The predicted molar refractivity (Wildman–Crippen MR) is 97.0 cm³/mol. The number of hydrogen-bond donors (Lipinski definition) is 4. The first-order valence-electron chi connectivity index (χ1n) is 8.98. The van der Waals surface area contributed by atoms with E-state index in [-0.39, 0.29) is 12.8 Å². The second kappa shape index (κ2) is 9.90. The van der Waals surface area contributed by atoms with Gasteiger partial charge in [0.05, 0.1) is 0 Å². The average Bonchev–Trinajstić information content (AvgIpc) is 3.04. The van der Waals surface area contributed by atoms with Crippen LogP contribution in [0.15, 0.2) is 0 Å². The maximum absolute atomic E-state index is 12.7. The number of rotatable bonds is 8. The zero-order chi connectivity index (χ0) is 21.5. The largest absolute Gasteiger partial charge is 0.480 e. The molecule has 158 valence electrons. The second-order valence-corrected chi connectivity index (χ2v) is 7.51. The van der Waals surface area contributed by atoms with Crippen molar-refractivity contribution in [3.05, 3.63) is 0 Å². The molecule has 11 nitrogen and oxygen atoms in total. The SMILES string of the molecule is CC(C)(C)OC(=O)N1CCCC1C(=O)NC(CCC(N)=O)C(=O)NCC(=O)O. The van der Waals surface area contributed by atoms with Gasteiger partial charge in [-0.2, -0.15) is 0 Å². The molecule has 0 spiro atoms. The summed E-state index contributed by atoms with van der Waals surface area (Å²) < 4.78 is 5.30. The van der Waals surface area contributed by atoms with Crippen LogP contribution in [-0.2, 0) is 23.9 Å². The van der Waals surface area contributed by atoms with Gasteiger partial charge in [0.2, 0.25) is 17.7 Å². The van der Waals surface area contributed by atoms with Crippen LogP contribution >= 0.6 is 0 Å². The minimum Gasteiger partial charge on any atom is -0.480 e. The number of primary amides is 1. The van der Waals surface area contributed by atoms with Crippen LogP contribution in [0, 0.1) is 0 Å². The Morgan fingerprint density at radius 3 is 2.43 bits per heavy atom. The lowest BCUT2D eigenvalue weighted by Gasteiger charge is -2.29. The molecule has 0 saturated carbocycles. The summed E-state index contributed by atoms with van der Waals surface area (Å²) in [7, 11) is 0. The molecule has 4 amide bonds. The third-order valence-corrected chi connectivity index (χ3v) is 3.91. The fraction of sp³-hybridized carbons (Fsp3) is 0.706. The number of nitrogens with one attached hydrogen (secondary N) is 2. The lowest BCUT2D eigenvalue weighted by atomic mass is 10.1. The average molecular weight is 400 g/mol. The van der Waals surface area contributed by atoms with Crippen molar-refractivity contribution >= 4 is 29.8 Å². The molecule has 2 atom stereocenters. The van der Waals surface area contributed by atoms with Gasteiger partial charge in [0, 0.05) is 13.0 Å². The molecule has 2 unspecified atom stereocenters. The van der Waals surface area contributed by atoms with Gasteiger partial charge in [-0.15, -0.1) is 0 Å². The van der Waals surface area contributed by atoms with Crippen molar-refractivity contribution in [1.82, 2.24) is 15.5 Å². The van der Waals surface area contributed by atoms with E-state index in [1.807, 2.05) is 0 Å². The van der Waals surface area contributed by atoms with Crippen LogP contribution in [0.4, 0.5) is 4.79 Å². The van der Waals surface area contributed by atoms with E-state index >= 15 is 0 Å². The molecular weight excluding hydrogens is 372 g/mol. The Labute approximate surface area is 162 Å². The number of carboxylic acids is 1. The van der Waals surface area contributed by atoms with Gasteiger partial charge in [-0.25, -0.2) is 4.79 Å². The molecule has 1 fully saturated rings. The van der Waals surface area contributed by atoms with Gasteiger partial charge in [0.1, 0.15) is 24.2 Å². The number of amides is 4. The fourth-order valence-corrected chi connectivity index (χ4v) is 2.69. The first-order valence-corrected chi connectivity index (χ1v) is 8.98. The van der Waals surface area contributed by atoms with Crippen LogP contribution in [0.5, 0.6) is 0 Å². The minimum atomic E-state index is -1.25. The smallest absolute Gasteiger partial charge is 0.410 e. The lowest BCUT2D eigenvalue weighted by Crippen LogP contribution is -2.54. The van der Waals surface area contributed by atoms with Crippen molar-refractivity contribution in [3.63, 3.8) is 0 Å². The van der Waals surface area contributed by atoms with Crippen molar-refractivity contribution in [3.8, 4) is 0 Å². The number of nitrogens with two attached hydrogens (primary N) is 1. The molecule has 1 saturated heterocycles. The maximum atomic E-state index is 12.7. The third kappa shape index (κ3) is 7.80. The summed E-state index contributed by atoms with van der Waals surface area (Å²) in [5.41, 5.74) is 4.37. The van der Waals surface area contributed by atoms with Crippen molar-refractivity contribution in [2.24, 2.45) is 5.73 Å². The second-order valence-electron chi connectivity index (χ2n) is 7.51. The minimum absolute atomic E-state index is 0.0916. The molecule has 11 heteroatoms. The van der Waals surface area contributed by atoms with Gasteiger partial charge >= 0.3 is 12.1 Å². The molecule has 1 heterocycles. The lowest BCUT2D eigenvalue weighted by molar-refractivity contribution is -0.138. The molecule has 0 aromatic heterocycles. The van der Waals surface area contributed by atoms with Crippen molar-refractivity contribution in [2.75, 3.05) is 13.1 Å². The van der Waals surface area contributed by atoms with Crippen LogP contribution in [0.3, 0.4) is 0 Å². The zero-order valence-electron chi connectivity index (χ0n) is 16.3. The number of hydrogen-bond acceptors (Lipinski definition) is 6. The van der Waals surface area contributed by atoms with Crippen LogP contribution in [0.2, 0.25) is 0 Å². The maximum Gasteiger partial charge on any atom is 0.410 e. The highest BCUT2D eigenvalue weighted by Crippen LogP contribution is 2.21. The quantitative estimate of drug-likeness (QED) is 0.419. The van der Waals surface area contributed by atoms with Gasteiger partial charge in [0.15, 0.2) is 0 Å². The van der Waals surface area contributed by atoms with E-state index in [1.165, 1.54) is 4.90 Å². The number of ether oxygens (including phenoxy) is 1. The zero-order valence-corrected chi connectivity index (χ0v) is 16.3. The highest BCUT2D eigenvalue weighted by molar-refractivity contribution is 5.92. The highest BCUT2D eigenvalue weighted by atomic mass is 16.6. The summed E-state index contributed by atoms with van der Waals surface area (Å²) in [5, 5.41) is 13.3. The molecule has 1 aliphatic heterocycles. The van der Waals surface area contributed by atoms with Crippen LogP contribution in [-0.4, -0.2) is 70.6 Å². The Balaban J connectivity index is 2.81. The van der Waals surface area contributed by atoms with E-state index in [0.29, 0.717) is 19.4 Å². The Bertz CT molecular complexity index is 629. The first kappa shape index (κ1) is 23.2. The van der Waals surface area contributed by atoms with E-state index in [1.54, 1.807) is 20.8 Å². The molecule has 1 aliphatic rings. The number of carbonyl (C=O) groups excluding carboxylic acids is 4. The summed E-state index contributed by atoms with van der Waals surface area (Å²) in [4.78, 5) is 60.1. The number of likely N-dealkylation sites (tertiary alicyclic amines) is 1. The molecular formula is C17H28N4O7. The Hall–Kier alpha value is -2.85. The van der Waals surface area contributed by atoms with Gasteiger partial charge < -0.3 is 26.2 Å². The van der Waals surface area contributed by atoms with E-state index < -0.39 is 54.0 Å². The standard InChI is InChI=1S/C17H28N4O7/c1-17(2,3)28-16(27)21-8-4-5-11(21)15(26)20-10(6-7-12(18)22)14(25)19-9-13(23)24/h10-11H,4-9H2,1-3H3,(H2,18,22)(H,19,25)(H,20,26)(H,23,24). The van der Waals surface area contributed by atoms with Crippen LogP contribution in [0.1, 0.15) is 46.5 Å². The molecule has 0 bridgehead atoms. The van der Waals surface area contributed by atoms with Crippen LogP contribution < -0.4 is 16.4 Å². The summed E-state index contributed by atoms with van der Waals surface area (Å²) in [6.45, 7) is 4.84. The summed E-state index contributed by atoms with van der Waals surface area (Å²) >= 11 is 0. The Morgan fingerprint density at radius 2 is 1.89 bits per heavy atom. The molecule has 0 aliphatic carbocycles. The van der Waals surface area contributed by atoms with Crippen molar-refractivity contribution < 1.29 is 33.8 Å². The van der Waals surface area contributed by atoms with Gasteiger partial charge in [-0.1, -0.05) is 0 Å². The summed E-state index contributed by atoms with van der Waals surface area (Å²) in [6.07, 6.45) is 0.0883. The normalized spacial score (nSPS) is 17.5. The number of aliphatic carboxylic acids is 1. The van der Waals surface area contributed by atoms with E-state index in [2.05, 4.69) is 10.6 Å².